The summed E-state index contributed by atoms with van der Waals surface area (Å²) in [4.78, 5) is 19.6. The Labute approximate surface area is 252 Å². The molecule has 1 aliphatic heterocycles. The zero-order chi connectivity index (χ0) is 29.4. The van der Waals surface area contributed by atoms with E-state index in [0.29, 0.717) is 48.3 Å². The van der Waals surface area contributed by atoms with Crippen LogP contribution in [0.1, 0.15) is 10.5 Å². The van der Waals surface area contributed by atoms with Gasteiger partial charge in [-0.3, -0.25) is 4.79 Å². The summed E-state index contributed by atoms with van der Waals surface area (Å²) in [5, 5.41) is 15.1. The minimum absolute atomic E-state index is 0.171. The van der Waals surface area contributed by atoms with E-state index >= 15 is 0 Å². The minimum atomic E-state index is -3.34. The van der Waals surface area contributed by atoms with E-state index in [1.165, 1.54) is 17.6 Å². The van der Waals surface area contributed by atoms with E-state index in [-0.39, 0.29) is 16.6 Å². The molecule has 0 radical (unpaired) electrons. The predicted octanol–water partition coefficient (Wildman–Crippen LogP) is 5.99. The molecular weight excluding hydrogens is 592 g/mol. The highest BCUT2D eigenvalue weighted by Crippen LogP contribution is 2.37. The molecule has 1 saturated heterocycles. The van der Waals surface area contributed by atoms with Gasteiger partial charge < -0.3 is 14.9 Å². The number of carbonyl (C=O) groups excluding carboxylic acids is 1. The van der Waals surface area contributed by atoms with Crippen LogP contribution in [0.15, 0.2) is 95.9 Å². The second-order valence-corrected chi connectivity index (χ2v) is 13.5. The number of anilines is 1. The van der Waals surface area contributed by atoms with Gasteiger partial charge in [0.2, 0.25) is 0 Å². The molecule has 5 aromatic rings. The van der Waals surface area contributed by atoms with E-state index in [0.717, 1.165) is 21.0 Å². The molecule has 1 aliphatic rings. The predicted molar refractivity (Wildman–Crippen MR) is 167 cm³/mol. The Balaban J connectivity index is 1.31. The lowest BCUT2D eigenvalue weighted by Crippen LogP contribution is -2.48. The first-order valence-corrected chi connectivity index (χ1v) is 16.3. The fraction of sp³-hybridized carbons (Fsp3) is 0.161. The lowest BCUT2D eigenvalue weighted by Gasteiger charge is -2.35. The summed E-state index contributed by atoms with van der Waals surface area (Å²) in [5.74, 6) is 0.0405. The summed E-state index contributed by atoms with van der Waals surface area (Å²) in [5.41, 5.74) is 3.38. The third kappa shape index (κ3) is 5.65. The maximum Gasteiger partial charge on any atom is 0.274 e. The highest BCUT2D eigenvalue weighted by molar-refractivity contribution is 7.90. The molecular formula is C31H27ClN4O4S2. The van der Waals surface area contributed by atoms with Gasteiger partial charge in [0, 0.05) is 49.1 Å². The van der Waals surface area contributed by atoms with Crippen LogP contribution in [0, 0.1) is 0 Å². The quantitative estimate of drug-likeness (QED) is 0.251. The molecule has 0 spiro atoms. The van der Waals surface area contributed by atoms with E-state index < -0.39 is 9.84 Å². The van der Waals surface area contributed by atoms with Gasteiger partial charge in [0.25, 0.3) is 5.91 Å². The molecule has 0 unspecified atom stereocenters. The number of thiophene rings is 1. The molecule has 0 saturated carbocycles. The smallest absolute Gasteiger partial charge is 0.274 e. The molecule has 6 rings (SSSR count). The number of benzene rings is 3. The summed E-state index contributed by atoms with van der Waals surface area (Å²) in [6.07, 6.45) is 1.19. The highest BCUT2D eigenvalue weighted by Gasteiger charge is 2.26. The first kappa shape index (κ1) is 28.0. The number of amides is 1. The van der Waals surface area contributed by atoms with Crippen LogP contribution in [-0.4, -0.2) is 66.5 Å². The van der Waals surface area contributed by atoms with E-state index in [9.17, 15) is 18.3 Å². The molecule has 8 nitrogen and oxygen atoms in total. The number of phenolic OH excluding ortho intramolecular Hbond substituents is 1. The van der Waals surface area contributed by atoms with Crippen molar-refractivity contribution >= 4 is 44.4 Å². The topological polar surface area (TPSA) is 95.7 Å². The number of rotatable bonds is 6. The van der Waals surface area contributed by atoms with Gasteiger partial charge in [-0.15, -0.1) is 11.3 Å². The Morgan fingerprint density at radius 1 is 0.881 bits per heavy atom. The Bertz CT molecular complexity index is 1890. The zero-order valence-electron chi connectivity index (χ0n) is 22.6. The second kappa shape index (κ2) is 11.3. The summed E-state index contributed by atoms with van der Waals surface area (Å²) in [6, 6.07) is 27.0. The van der Waals surface area contributed by atoms with Crippen LogP contribution in [0.3, 0.4) is 0 Å². The maximum absolute atomic E-state index is 13.7. The zero-order valence-corrected chi connectivity index (χ0v) is 25.0. The van der Waals surface area contributed by atoms with Crippen molar-refractivity contribution in [3.05, 3.63) is 102 Å². The average molecular weight is 619 g/mol. The van der Waals surface area contributed by atoms with E-state index in [2.05, 4.69) is 4.90 Å². The van der Waals surface area contributed by atoms with E-state index in [4.69, 9.17) is 16.7 Å². The van der Waals surface area contributed by atoms with Crippen molar-refractivity contribution in [1.29, 1.82) is 0 Å². The third-order valence-electron chi connectivity index (χ3n) is 7.18. The van der Waals surface area contributed by atoms with E-state index in [1.807, 2.05) is 48.5 Å². The molecule has 3 heterocycles. The largest absolute Gasteiger partial charge is 0.508 e. The standard InChI is InChI=1S/C31H27ClN4O4S2/c1-42(39,40)24-9-4-6-21(18-24)29-12-13-30(41-29)28-20-26(33-36(28)27-11-3-2-10-25(27)32)31(38)35-16-14-34(15-17-35)22-7-5-8-23(37)19-22/h2-13,18-20,37H,14-17H2,1H3. The number of sulfone groups is 1. The number of piperazine rings is 1. The normalized spacial score (nSPS) is 13.9. The SMILES string of the molecule is CS(=O)(=O)c1cccc(-c2ccc(-c3cc(C(=O)N4CCN(c5cccc(O)c5)CC4)nn3-c3ccccc3Cl)s2)c1. The molecule has 1 N–H and O–H groups in total. The van der Waals surface area contributed by atoms with E-state index in [1.54, 1.807) is 52.0 Å². The molecule has 0 atom stereocenters. The molecule has 2 aromatic heterocycles. The highest BCUT2D eigenvalue weighted by atomic mass is 35.5. The molecule has 0 aliphatic carbocycles. The number of nitrogens with zero attached hydrogens (tertiary/aromatic N) is 4. The van der Waals surface area contributed by atoms with Crippen molar-refractivity contribution in [3.8, 4) is 32.4 Å². The molecule has 42 heavy (non-hydrogen) atoms. The number of phenols is 1. The second-order valence-electron chi connectivity index (χ2n) is 10.0. The van der Waals surface area contributed by atoms with Gasteiger partial charge in [-0.05, 0) is 60.2 Å². The van der Waals surface area contributed by atoms with Crippen molar-refractivity contribution in [2.45, 2.75) is 4.90 Å². The Morgan fingerprint density at radius 3 is 2.36 bits per heavy atom. The fourth-order valence-corrected chi connectivity index (χ4v) is 6.88. The Morgan fingerprint density at radius 2 is 1.62 bits per heavy atom. The van der Waals surface area contributed by atoms with Crippen LogP contribution in [0.4, 0.5) is 5.69 Å². The summed E-state index contributed by atoms with van der Waals surface area (Å²) in [6.45, 7) is 2.30. The van der Waals surface area contributed by atoms with Gasteiger partial charge in [-0.1, -0.05) is 41.9 Å². The first-order chi connectivity index (χ1) is 20.2. The number of hydrogen-bond acceptors (Lipinski definition) is 7. The Hall–Kier alpha value is -4.12. The summed E-state index contributed by atoms with van der Waals surface area (Å²) >= 11 is 8.05. The molecule has 214 valence electrons. The number of para-hydroxylation sites is 1. The van der Waals surface area contributed by atoms with Gasteiger partial charge in [-0.2, -0.15) is 5.10 Å². The van der Waals surface area contributed by atoms with Crippen LogP contribution in [0.25, 0.3) is 26.7 Å². The first-order valence-electron chi connectivity index (χ1n) is 13.3. The number of hydrogen-bond donors (Lipinski definition) is 1. The molecule has 1 fully saturated rings. The van der Waals surface area contributed by atoms with Crippen LogP contribution in [0.2, 0.25) is 5.02 Å². The van der Waals surface area contributed by atoms with Crippen LogP contribution in [-0.2, 0) is 9.84 Å². The molecule has 11 heteroatoms. The number of carbonyl (C=O) groups is 1. The van der Waals surface area contributed by atoms with Crippen LogP contribution < -0.4 is 4.90 Å². The average Bonchev–Trinajstić information content (AvgIpc) is 3.65. The lowest BCUT2D eigenvalue weighted by molar-refractivity contribution is 0.0740. The molecule has 0 bridgehead atoms. The monoisotopic (exact) mass is 618 g/mol. The van der Waals surface area contributed by atoms with Gasteiger partial charge >= 0.3 is 0 Å². The van der Waals surface area contributed by atoms with Gasteiger partial charge in [-0.25, -0.2) is 13.1 Å². The van der Waals surface area contributed by atoms with Crippen molar-refractivity contribution in [1.82, 2.24) is 14.7 Å². The van der Waals surface area contributed by atoms with Gasteiger partial charge in [0.05, 0.1) is 26.2 Å². The fourth-order valence-electron chi connectivity index (χ4n) is 5.00. The van der Waals surface area contributed by atoms with Crippen LogP contribution >= 0.6 is 22.9 Å². The third-order valence-corrected chi connectivity index (χ3v) is 9.76. The number of aromatic hydroxyl groups is 1. The lowest BCUT2D eigenvalue weighted by atomic mass is 10.2. The van der Waals surface area contributed by atoms with Crippen molar-refractivity contribution < 1.29 is 18.3 Å². The summed E-state index contributed by atoms with van der Waals surface area (Å²) in [7, 11) is -3.34. The summed E-state index contributed by atoms with van der Waals surface area (Å²) < 4.78 is 25.9. The van der Waals surface area contributed by atoms with Gasteiger partial charge in [0.1, 0.15) is 5.75 Å². The molecule has 3 aromatic carbocycles. The number of halogens is 1. The van der Waals surface area contributed by atoms with Crippen molar-refractivity contribution in [2.24, 2.45) is 0 Å². The number of aromatic nitrogens is 2. The maximum atomic E-state index is 13.7. The van der Waals surface area contributed by atoms with Crippen LogP contribution in [0.5, 0.6) is 5.75 Å². The molecule has 1 amide bonds. The van der Waals surface area contributed by atoms with Crippen molar-refractivity contribution in [2.75, 3.05) is 37.3 Å². The van der Waals surface area contributed by atoms with Gasteiger partial charge in [0.15, 0.2) is 15.5 Å². The minimum Gasteiger partial charge on any atom is -0.508 e. The Kier molecular flexibility index (Phi) is 7.53. The van der Waals surface area contributed by atoms with Crippen molar-refractivity contribution in [3.63, 3.8) is 0 Å².